The normalized spacial score (nSPS) is 28.3. The molecule has 84 valence electrons. The van der Waals surface area contributed by atoms with Crippen molar-refractivity contribution in [2.75, 3.05) is 26.4 Å². The van der Waals surface area contributed by atoms with Crippen molar-refractivity contribution < 1.29 is 9.47 Å². The maximum Gasteiger partial charge on any atom is 0.0647 e. The Balaban J connectivity index is 2.09. The zero-order chi connectivity index (χ0) is 10.4. The first-order chi connectivity index (χ1) is 6.62. The molecule has 0 aromatic rings. The molecule has 1 fully saturated rings. The summed E-state index contributed by atoms with van der Waals surface area (Å²) in [5.41, 5.74) is 6.04. The number of hydrogen-bond acceptors (Lipinski definition) is 3. The van der Waals surface area contributed by atoms with Crippen LogP contribution in [0.25, 0.3) is 0 Å². The van der Waals surface area contributed by atoms with Crippen molar-refractivity contribution >= 4 is 0 Å². The number of hydrogen-bond donors (Lipinski definition) is 1. The molecule has 0 bridgehead atoms. The van der Waals surface area contributed by atoms with Gasteiger partial charge in [-0.1, -0.05) is 13.8 Å². The van der Waals surface area contributed by atoms with Crippen molar-refractivity contribution in [3.63, 3.8) is 0 Å². The lowest BCUT2D eigenvalue weighted by Crippen LogP contribution is -2.48. The van der Waals surface area contributed by atoms with Crippen LogP contribution < -0.4 is 5.73 Å². The van der Waals surface area contributed by atoms with Gasteiger partial charge in [0.25, 0.3) is 0 Å². The van der Waals surface area contributed by atoms with E-state index in [1.54, 1.807) is 0 Å². The zero-order valence-electron chi connectivity index (χ0n) is 9.42. The van der Waals surface area contributed by atoms with E-state index in [4.69, 9.17) is 15.2 Å². The van der Waals surface area contributed by atoms with Crippen LogP contribution in [0, 0.1) is 5.92 Å². The highest BCUT2D eigenvalue weighted by Crippen LogP contribution is 2.19. The Kier molecular flexibility index (Phi) is 4.85. The molecule has 1 heterocycles. The summed E-state index contributed by atoms with van der Waals surface area (Å²) in [6, 6.07) is 0. The Morgan fingerprint density at radius 1 is 1.50 bits per heavy atom. The first kappa shape index (κ1) is 12.0. The second-order valence-corrected chi connectivity index (χ2v) is 4.74. The molecule has 0 aliphatic carbocycles. The molecular weight excluding hydrogens is 178 g/mol. The maximum atomic E-state index is 6.17. The van der Waals surface area contributed by atoms with Gasteiger partial charge in [0.2, 0.25) is 0 Å². The standard InChI is InChI=1S/C11H23NO2/c1-10(2)8-13-7-5-11(12)4-3-6-14-9-11/h10H,3-9,12H2,1-2H3. The number of ether oxygens (including phenoxy) is 2. The predicted molar refractivity (Wildman–Crippen MR) is 57.2 cm³/mol. The molecule has 14 heavy (non-hydrogen) atoms. The van der Waals surface area contributed by atoms with Gasteiger partial charge in [-0.15, -0.1) is 0 Å². The second kappa shape index (κ2) is 5.69. The summed E-state index contributed by atoms with van der Waals surface area (Å²) < 4.78 is 10.9. The smallest absolute Gasteiger partial charge is 0.0647 e. The van der Waals surface area contributed by atoms with E-state index in [9.17, 15) is 0 Å². The Bertz CT molecular complexity index is 153. The van der Waals surface area contributed by atoms with Crippen LogP contribution in [0.3, 0.4) is 0 Å². The first-order valence-corrected chi connectivity index (χ1v) is 5.57. The second-order valence-electron chi connectivity index (χ2n) is 4.74. The van der Waals surface area contributed by atoms with Gasteiger partial charge in [-0.05, 0) is 25.2 Å². The molecule has 0 saturated carbocycles. The molecule has 1 unspecified atom stereocenters. The number of rotatable bonds is 5. The van der Waals surface area contributed by atoms with Crippen molar-refractivity contribution in [1.82, 2.24) is 0 Å². The minimum absolute atomic E-state index is 0.130. The predicted octanol–water partition coefficient (Wildman–Crippen LogP) is 1.56. The summed E-state index contributed by atoms with van der Waals surface area (Å²) in [7, 11) is 0. The van der Waals surface area contributed by atoms with Gasteiger partial charge in [-0.25, -0.2) is 0 Å². The van der Waals surface area contributed by atoms with Crippen LogP contribution in [-0.4, -0.2) is 32.0 Å². The molecule has 0 spiro atoms. The molecule has 1 rings (SSSR count). The third-order valence-corrected chi connectivity index (χ3v) is 2.55. The van der Waals surface area contributed by atoms with Crippen molar-refractivity contribution in [3.05, 3.63) is 0 Å². The van der Waals surface area contributed by atoms with E-state index in [1.807, 2.05) is 0 Å². The van der Waals surface area contributed by atoms with Crippen LogP contribution in [0.15, 0.2) is 0 Å². The van der Waals surface area contributed by atoms with Crippen LogP contribution in [0.2, 0.25) is 0 Å². The molecule has 1 aliphatic heterocycles. The van der Waals surface area contributed by atoms with Crippen molar-refractivity contribution in [3.8, 4) is 0 Å². The average molecular weight is 201 g/mol. The molecule has 0 aromatic carbocycles. The highest BCUT2D eigenvalue weighted by molar-refractivity contribution is 4.86. The SMILES string of the molecule is CC(C)COCCC1(N)CCCOC1. The van der Waals surface area contributed by atoms with Gasteiger partial charge in [0.05, 0.1) is 6.61 Å². The van der Waals surface area contributed by atoms with Gasteiger partial charge in [0, 0.05) is 25.4 Å². The van der Waals surface area contributed by atoms with Crippen LogP contribution >= 0.6 is 0 Å². The molecule has 3 heteroatoms. The molecule has 1 atom stereocenters. The Hall–Kier alpha value is -0.120. The summed E-state index contributed by atoms with van der Waals surface area (Å²) in [4.78, 5) is 0. The summed E-state index contributed by atoms with van der Waals surface area (Å²) in [5, 5.41) is 0. The van der Waals surface area contributed by atoms with Crippen LogP contribution in [0.4, 0.5) is 0 Å². The quantitative estimate of drug-likeness (QED) is 0.686. The highest BCUT2D eigenvalue weighted by atomic mass is 16.5. The van der Waals surface area contributed by atoms with Gasteiger partial charge in [0.1, 0.15) is 0 Å². The molecular formula is C11H23NO2. The van der Waals surface area contributed by atoms with Crippen LogP contribution in [0.1, 0.15) is 33.1 Å². The summed E-state index contributed by atoms with van der Waals surface area (Å²) in [6.45, 7) is 7.46. The van der Waals surface area contributed by atoms with Gasteiger partial charge >= 0.3 is 0 Å². The van der Waals surface area contributed by atoms with E-state index in [0.717, 1.165) is 39.1 Å². The van der Waals surface area contributed by atoms with Gasteiger partial charge < -0.3 is 15.2 Å². The fourth-order valence-corrected chi connectivity index (χ4v) is 1.67. The molecule has 2 N–H and O–H groups in total. The van der Waals surface area contributed by atoms with Crippen molar-refractivity contribution in [2.45, 2.75) is 38.6 Å². The van der Waals surface area contributed by atoms with Crippen molar-refractivity contribution in [1.29, 1.82) is 0 Å². The first-order valence-electron chi connectivity index (χ1n) is 5.57. The van der Waals surface area contributed by atoms with E-state index in [-0.39, 0.29) is 5.54 Å². The minimum atomic E-state index is -0.130. The molecule has 1 saturated heterocycles. The van der Waals surface area contributed by atoms with E-state index < -0.39 is 0 Å². The fourth-order valence-electron chi connectivity index (χ4n) is 1.67. The summed E-state index contributed by atoms with van der Waals surface area (Å²) in [6.07, 6.45) is 3.07. The lowest BCUT2D eigenvalue weighted by atomic mass is 9.90. The molecule has 3 nitrogen and oxygen atoms in total. The Morgan fingerprint density at radius 2 is 2.29 bits per heavy atom. The minimum Gasteiger partial charge on any atom is -0.381 e. The van der Waals surface area contributed by atoms with E-state index in [2.05, 4.69) is 13.8 Å². The van der Waals surface area contributed by atoms with E-state index in [1.165, 1.54) is 0 Å². The topological polar surface area (TPSA) is 44.5 Å². The number of nitrogens with two attached hydrogens (primary N) is 1. The Morgan fingerprint density at radius 3 is 2.86 bits per heavy atom. The van der Waals surface area contributed by atoms with E-state index in [0.29, 0.717) is 12.5 Å². The molecule has 1 aliphatic rings. The highest BCUT2D eigenvalue weighted by Gasteiger charge is 2.27. The third-order valence-electron chi connectivity index (χ3n) is 2.55. The molecule has 0 radical (unpaired) electrons. The average Bonchev–Trinajstić information content (AvgIpc) is 2.14. The van der Waals surface area contributed by atoms with Gasteiger partial charge in [-0.3, -0.25) is 0 Å². The maximum absolute atomic E-state index is 6.17. The summed E-state index contributed by atoms with van der Waals surface area (Å²) in [5.74, 6) is 0.603. The third kappa shape index (κ3) is 4.40. The fraction of sp³-hybridized carbons (Fsp3) is 1.00. The molecule has 0 amide bonds. The molecule has 0 aromatic heterocycles. The lowest BCUT2D eigenvalue weighted by Gasteiger charge is -2.33. The monoisotopic (exact) mass is 201 g/mol. The van der Waals surface area contributed by atoms with Crippen molar-refractivity contribution in [2.24, 2.45) is 11.7 Å². The van der Waals surface area contributed by atoms with E-state index >= 15 is 0 Å². The largest absolute Gasteiger partial charge is 0.381 e. The van der Waals surface area contributed by atoms with Gasteiger partial charge in [0.15, 0.2) is 0 Å². The Labute approximate surface area is 86.9 Å². The lowest BCUT2D eigenvalue weighted by molar-refractivity contribution is 0.0148. The summed E-state index contributed by atoms with van der Waals surface area (Å²) >= 11 is 0. The van der Waals surface area contributed by atoms with Crippen LogP contribution in [-0.2, 0) is 9.47 Å². The van der Waals surface area contributed by atoms with Gasteiger partial charge in [-0.2, -0.15) is 0 Å². The van der Waals surface area contributed by atoms with Crippen LogP contribution in [0.5, 0.6) is 0 Å². The zero-order valence-corrected chi connectivity index (χ0v) is 9.42.